The zero-order valence-electron chi connectivity index (χ0n) is 20.4. The maximum atomic E-state index is 2.48. The van der Waals surface area contributed by atoms with Gasteiger partial charge < -0.3 is 0 Å². The maximum absolute atomic E-state index is 2.48. The van der Waals surface area contributed by atoms with E-state index in [1.807, 2.05) is 0 Å². The molecule has 1 saturated carbocycles. The number of nitrogens with zero attached hydrogens (tertiary/aromatic N) is 1. The van der Waals surface area contributed by atoms with Crippen molar-refractivity contribution in [3.05, 3.63) is 89.1 Å². The van der Waals surface area contributed by atoms with E-state index in [2.05, 4.69) is 99.2 Å². The van der Waals surface area contributed by atoms with Crippen LogP contribution in [-0.4, -0.2) is 0 Å². The number of aryl methyl sites for hydroxylation is 2. The van der Waals surface area contributed by atoms with Gasteiger partial charge in [-0.1, -0.05) is 82.0 Å². The lowest BCUT2D eigenvalue weighted by molar-refractivity contribution is -0.659. The fourth-order valence-electron chi connectivity index (χ4n) is 6.54. The van der Waals surface area contributed by atoms with Crippen molar-refractivity contribution in [2.75, 3.05) is 0 Å². The van der Waals surface area contributed by atoms with Crippen LogP contribution in [0.25, 0.3) is 33.2 Å². The highest BCUT2D eigenvalue weighted by atomic mass is 14.9. The highest BCUT2D eigenvalue weighted by molar-refractivity contribution is 5.95. The highest BCUT2D eigenvalue weighted by Gasteiger charge is 2.36. The molecule has 0 saturated heterocycles. The van der Waals surface area contributed by atoms with Gasteiger partial charge in [0.1, 0.15) is 7.05 Å². The van der Waals surface area contributed by atoms with Crippen molar-refractivity contribution in [1.82, 2.24) is 0 Å². The van der Waals surface area contributed by atoms with Crippen molar-refractivity contribution in [3.8, 4) is 22.4 Å². The summed E-state index contributed by atoms with van der Waals surface area (Å²) in [6, 6.07) is 23.3. The van der Waals surface area contributed by atoms with Gasteiger partial charge in [0.25, 0.3) is 0 Å². The second kappa shape index (κ2) is 7.55. The van der Waals surface area contributed by atoms with Crippen LogP contribution in [0, 0.1) is 12.8 Å². The van der Waals surface area contributed by atoms with Crippen LogP contribution < -0.4 is 4.57 Å². The summed E-state index contributed by atoms with van der Waals surface area (Å²) in [4.78, 5) is 0. The molecule has 33 heavy (non-hydrogen) atoms. The van der Waals surface area contributed by atoms with Gasteiger partial charge in [-0.05, 0) is 70.2 Å². The van der Waals surface area contributed by atoms with E-state index in [1.165, 1.54) is 87.5 Å². The Bertz CT molecular complexity index is 1390. The molecule has 3 aromatic carbocycles. The molecule has 0 N–H and O–H groups in total. The summed E-state index contributed by atoms with van der Waals surface area (Å²) in [5, 5.41) is 2.72. The Morgan fingerprint density at radius 2 is 1.64 bits per heavy atom. The average Bonchev–Trinajstić information content (AvgIpc) is 3.39. The number of hydrogen-bond acceptors (Lipinski definition) is 0. The Morgan fingerprint density at radius 3 is 2.45 bits per heavy atom. The van der Waals surface area contributed by atoms with Crippen molar-refractivity contribution in [1.29, 1.82) is 0 Å². The first kappa shape index (κ1) is 20.7. The summed E-state index contributed by atoms with van der Waals surface area (Å²) < 4.78 is 2.31. The van der Waals surface area contributed by atoms with Gasteiger partial charge in [0, 0.05) is 11.5 Å². The molecule has 0 amide bonds. The smallest absolute Gasteiger partial charge is 0.200 e. The first-order valence-electron chi connectivity index (χ1n) is 12.6. The van der Waals surface area contributed by atoms with Gasteiger partial charge in [-0.2, -0.15) is 0 Å². The summed E-state index contributed by atoms with van der Waals surface area (Å²) in [5.41, 5.74) is 11.2. The van der Waals surface area contributed by atoms with E-state index < -0.39 is 0 Å². The molecule has 0 atom stereocenters. The summed E-state index contributed by atoms with van der Waals surface area (Å²) in [6.45, 7) is 7.02. The van der Waals surface area contributed by atoms with Crippen molar-refractivity contribution in [2.45, 2.75) is 58.3 Å². The van der Waals surface area contributed by atoms with E-state index in [1.54, 1.807) is 0 Å². The van der Waals surface area contributed by atoms with E-state index in [-0.39, 0.29) is 5.41 Å². The van der Waals surface area contributed by atoms with E-state index in [0.717, 1.165) is 5.92 Å². The van der Waals surface area contributed by atoms with Crippen LogP contribution in [0.1, 0.15) is 61.8 Å². The predicted octanol–water partition coefficient (Wildman–Crippen LogP) is 7.68. The fourth-order valence-corrected chi connectivity index (χ4v) is 6.54. The molecule has 2 aliphatic carbocycles. The van der Waals surface area contributed by atoms with Crippen molar-refractivity contribution in [3.63, 3.8) is 0 Å². The van der Waals surface area contributed by atoms with Crippen LogP contribution >= 0.6 is 0 Å². The number of fused-ring (bicyclic) bond motifs is 4. The van der Waals surface area contributed by atoms with Crippen LogP contribution in [0.3, 0.4) is 0 Å². The summed E-state index contributed by atoms with van der Waals surface area (Å²) in [6.07, 6.45) is 9.10. The Morgan fingerprint density at radius 1 is 0.848 bits per heavy atom. The minimum Gasteiger partial charge on any atom is -0.200 e. The normalized spacial score (nSPS) is 16.8. The first-order chi connectivity index (χ1) is 15.9. The summed E-state index contributed by atoms with van der Waals surface area (Å²) in [5.74, 6) is 0.879. The quantitative estimate of drug-likeness (QED) is 0.292. The maximum Gasteiger partial charge on any atom is 0.220 e. The monoisotopic (exact) mass is 432 g/mol. The second-order valence-corrected chi connectivity index (χ2v) is 10.9. The summed E-state index contributed by atoms with van der Waals surface area (Å²) >= 11 is 0. The number of rotatable bonds is 3. The average molecular weight is 433 g/mol. The first-order valence-corrected chi connectivity index (χ1v) is 12.6. The number of hydrogen-bond donors (Lipinski definition) is 0. The molecule has 1 aromatic heterocycles. The van der Waals surface area contributed by atoms with Crippen molar-refractivity contribution in [2.24, 2.45) is 13.0 Å². The van der Waals surface area contributed by atoms with Crippen LogP contribution in [0.15, 0.2) is 66.9 Å². The molecular weight excluding hydrogens is 398 g/mol. The molecule has 4 aromatic rings. The molecule has 2 aliphatic rings. The SMILES string of the molecule is Cc1cc2c(cc1-c1c3ccc(CC4CCCC4)cc3cc[n+]1C)C(C)(C)c1ccccc1-2. The number of benzene rings is 3. The van der Waals surface area contributed by atoms with Gasteiger partial charge in [-0.15, -0.1) is 0 Å². The van der Waals surface area contributed by atoms with E-state index in [4.69, 9.17) is 0 Å². The highest BCUT2D eigenvalue weighted by Crippen LogP contribution is 2.50. The zero-order valence-corrected chi connectivity index (χ0v) is 20.4. The molecular formula is C32H34N+. The molecule has 0 aliphatic heterocycles. The molecule has 1 fully saturated rings. The molecule has 0 radical (unpaired) electrons. The predicted molar refractivity (Wildman–Crippen MR) is 139 cm³/mol. The largest absolute Gasteiger partial charge is 0.220 e. The Kier molecular flexibility index (Phi) is 4.73. The lowest BCUT2D eigenvalue weighted by Gasteiger charge is -2.22. The third kappa shape index (κ3) is 3.24. The van der Waals surface area contributed by atoms with E-state index >= 15 is 0 Å². The molecule has 1 heteroatoms. The van der Waals surface area contributed by atoms with Crippen molar-refractivity contribution >= 4 is 10.8 Å². The standard InChI is InChI=1S/C32H34N/c1-21-17-28-26-11-7-8-12-29(26)32(2,3)30(28)20-27(21)31-25-14-13-23(18-22-9-5-6-10-22)19-24(25)15-16-33(31)4/h7-8,11-17,19-20,22H,5-6,9-10,18H2,1-4H3/q+1. The van der Waals surface area contributed by atoms with Crippen LogP contribution in [0.4, 0.5) is 0 Å². The minimum absolute atomic E-state index is 0.0198. The van der Waals surface area contributed by atoms with Gasteiger partial charge in [-0.3, -0.25) is 0 Å². The van der Waals surface area contributed by atoms with Gasteiger partial charge >= 0.3 is 0 Å². The Hall–Kier alpha value is -2.93. The minimum atomic E-state index is 0.0198. The molecule has 166 valence electrons. The van der Waals surface area contributed by atoms with Gasteiger partial charge in [0.05, 0.1) is 10.9 Å². The van der Waals surface area contributed by atoms with Gasteiger partial charge in [0.15, 0.2) is 6.20 Å². The Labute approximate surface area is 198 Å². The number of aromatic nitrogens is 1. The zero-order chi connectivity index (χ0) is 22.7. The molecule has 6 rings (SSSR count). The van der Waals surface area contributed by atoms with Gasteiger partial charge in [0.2, 0.25) is 5.69 Å². The lowest BCUT2D eigenvalue weighted by Crippen LogP contribution is -2.31. The fraction of sp³-hybridized carbons (Fsp3) is 0.344. The third-order valence-corrected chi connectivity index (χ3v) is 8.38. The molecule has 1 nitrogen and oxygen atoms in total. The van der Waals surface area contributed by atoms with E-state index in [0.29, 0.717) is 0 Å². The molecule has 0 unspecified atom stereocenters. The summed E-state index contributed by atoms with van der Waals surface area (Å²) in [7, 11) is 2.19. The van der Waals surface area contributed by atoms with Gasteiger partial charge in [-0.25, -0.2) is 4.57 Å². The molecule has 0 spiro atoms. The molecule has 0 bridgehead atoms. The van der Waals surface area contributed by atoms with Crippen LogP contribution in [-0.2, 0) is 18.9 Å². The lowest BCUT2D eigenvalue weighted by atomic mass is 9.81. The van der Waals surface area contributed by atoms with E-state index in [9.17, 15) is 0 Å². The topological polar surface area (TPSA) is 3.88 Å². The Balaban J connectivity index is 1.50. The van der Waals surface area contributed by atoms with Crippen LogP contribution in [0.5, 0.6) is 0 Å². The van der Waals surface area contributed by atoms with Crippen molar-refractivity contribution < 1.29 is 4.57 Å². The number of pyridine rings is 1. The van der Waals surface area contributed by atoms with Crippen LogP contribution in [0.2, 0.25) is 0 Å². The second-order valence-electron chi connectivity index (χ2n) is 10.9. The molecule has 1 heterocycles. The third-order valence-electron chi connectivity index (χ3n) is 8.38.